The van der Waals surface area contributed by atoms with Crippen LogP contribution in [0.1, 0.15) is 11.1 Å². The zero-order chi connectivity index (χ0) is 14.8. The Bertz CT molecular complexity index is 596. The van der Waals surface area contributed by atoms with Crippen LogP contribution in [-0.4, -0.2) is 0 Å². The number of nitrogens with one attached hydrogen (secondary N) is 1. The second-order valence-corrected chi connectivity index (χ2v) is 5.52. The van der Waals surface area contributed by atoms with Gasteiger partial charge in [0.1, 0.15) is 0 Å². The van der Waals surface area contributed by atoms with Gasteiger partial charge in [0.25, 0.3) is 0 Å². The minimum absolute atomic E-state index is 0.0434. The molecular weight excluding hydrogens is 355 g/mol. The molecule has 1 N–H and O–H groups in total. The minimum Gasteiger partial charge on any atom is -0.380 e. The summed E-state index contributed by atoms with van der Waals surface area (Å²) in [5.74, 6) is 0. The van der Waals surface area contributed by atoms with E-state index in [1.54, 1.807) is 24.3 Å². The van der Waals surface area contributed by atoms with E-state index in [0.29, 0.717) is 9.50 Å². The van der Waals surface area contributed by atoms with Crippen molar-refractivity contribution in [3.05, 3.63) is 63.1 Å². The number of anilines is 1. The molecule has 0 unspecified atom stereocenters. The normalized spacial score (nSPS) is 11.4. The third kappa shape index (κ3) is 3.90. The largest absolute Gasteiger partial charge is 0.418 e. The van der Waals surface area contributed by atoms with Crippen molar-refractivity contribution in [1.29, 1.82) is 0 Å². The van der Waals surface area contributed by atoms with Crippen molar-refractivity contribution >= 4 is 33.2 Å². The van der Waals surface area contributed by atoms with E-state index in [-0.39, 0.29) is 12.2 Å². The Labute approximate surface area is 127 Å². The van der Waals surface area contributed by atoms with Crippen LogP contribution in [0.25, 0.3) is 0 Å². The van der Waals surface area contributed by atoms with Crippen molar-refractivity contribution < 1.29 is 13.2 Å². The molecule has 2 aromatic rings. The summed E-state index contributed by atoms with van der Waals surface area (Å²) in [5, 5.41) is 3.39. The first kappa shape index (κ1) is 15.2. The SMILES string of the molecule is FC(F)(F)c1ccc(Br)cc1NCc1ccc(Cl)cc1. The molecule has 0 aliphatic heterocycles. The van der Waals surface area contributed by atoms with Crippen molar-refractivity contribution in [1.82, 2.24) is 0 Å². The summed E-state index contributed by atoms with van der Waals surface area (Å²) in [6.07, 6.45) is -4.39. The van der Waals surface area contributed by atoms with Crippen LogP contribution in [0.2, 0.25) is 5.02 Å². The molecule has 20 heavy (non-hydrogen) atoms. The van der Waals surface area contributed by atoms with Crippen molar-refractivity contribution in [3.63, 3.8) is 0 Å². The molecule has 0 aliphatic rings. The topological polar surface area (TPSA) is 12.0 Å². The maximum atomic E-state index is 12.9. The molecule has 0 amide bonds. The van der Waals surface area contributed by atoms with Gasteiger partial charge in [0.2, 0.25) is 0 Å². The summed E-state index contributed by atoms with van der Waals surface area (Å²) in [5.41, 5.74) is 0.207. The van der Waals surface area contributed by atoms with Gasteiger partial charge >= 0.3 is 6.18 Å². The van der Waals surface area contributed by atoms with Crippen LogP contribution >= 0.6 is 27.5 Å². The average molecular weight is 365 g/mol. The highest BCUT2D eigenvalue weighted by atomic mass is 79.9. The molecule has 0 saturated heterocycles. The van der Waals surface area contributed by atoms with Gasteiger partial charge in [-0.2, -0.15) is 13.2 Å². The molecule has 1 nitrogen and oxygen atoms in total. The third-order valence-electron chi connectivity index (χ3n) is 2.68. The van der Waals surface area contributed by atoms with Crippen molar-refractivity contribution in [3.8, 4) is 0 Å². The summed E-state index contributed by atoms with van der Waals surface area (Å²) in [7, 11) is 0. The Morgan fingerprint density at radius 3 is 2.30 bits per heavy atom. The molecule has 6 heteroatoms. The smallest absolute Gasteiger partial charge is 0.380 e. The highest BCUT2D eigenvalue weighted by Crippen LogP contribution is 2.36. The zero-order valence-electron chi connectivity index (χ0n) is 10.1. The fraction of sp³-hybridized carbons (Fsp3) is 0.143. The molecule has 0 bridgehead atoms. The fourth-order valence-electron chi connectivity index (χ4n) is 1.71. The van der Waals surface area contributed by atoms with E-state index in [1.807, 2.05) is 0 Å². The van der Waals surface area contributed by atoms with Gasteiger partial charge in [-0.1, -0.05) is 39.7 Å². The van der Waals surface area contributed by atoms with Gasteiger partial charge in [0.05, 0.1) is 5.56 Å². The number of hydrogen-bond donors (Lipinski definition) is 1. The molecule has 0 radical (unpaired) electrons. The Kier molecular flexibility index (Phi) is 4.60. The third-order valence-corrected chi connectivity index (χ3v) is 3.43. The lowest BCUT2D eigenvalue weighted by atomic mass is 10.1. The van der Waals surface area contributed by atoms with Gasteiger partial charge in [-0.25, -0.2) is 0 Å². The van der Waals surface area contributed by atoms with Gasteiger partial charge in [-0.05, 0) is 35.9 Å². The summed E-state index contributed by atoms with van der Waals surface area (Å²) < 4.78 is 39.2. The predicted molar refractivity (Wildman–Crippen MR) is 77.9 cm³/mol. The molecule has 2 rings (SSSR count). The predicted octanol–water partition coefficient (Wildman–Crippen LogP) is 5.73. The lowest BCUT2D eigenvalue weighted by Gasteiger charge is -2.15. The monoisotopic (exact) mass is 363 g/mol. The summed E-state index contributed by atoms with van der Waals surface area (Å²) >= 11 is 8.93. The van der Waals surface area contributed by atoms with Gasteiger partial charge in [0.15, 0.2) is 0 Å². The molecule has 0 atom stereocenters. The minimum atomic E-state index is -4.39. The number of benzene rings is 2. The van der Waals surface area contributed by atoms with Crippen molar-refractivity contribution in [2.24, 2.45) is 0 Å². The number of hydrogen-bond acceptors (Lipinski definition) is 1. The second kappa shape index (κ2) is 6.06. The zero-order valence-corrected chi connectivity index (χ0v) is 12.5. The summed E-state index contributed by atoms with van der Waals surface area (Å²) in [6.45, 7) is 0.288. The fourth-order valence-corrected chi connectivity index (χ4v) is 2.20. The highest BCUT2D eigenvalue weighted by Gasteiger charge is 2.33. The van der Waals surface area contributed by atoms with Gasteiger partial charge in [-0.3, -0.25) is 0 Å². The number of rotatable bonds is 3. The van der Waals surface area contributed by atoms with Crippen LogP contribution in [0, 0.1) is 0 Å². The first-order chi connectivity index (χ1) is 9.36. The van der Waals surface area contributed by atoms with E-state index in [0.717, 1.165) is 11.6 Å². The highest BCUT2D eigenvalue weighted by molar-refractivity contribution is 9.10. The van der Waals surface area contributed by atoms with Gasteiger partial charge < -0.3 is 5.32 Å². The van der Waals surface area contributed by atoms with Crippen LogP contribution in [0.5, 0.6) is 0 Å². The molecule has 0 aliphatic carbocycles. The van der Waals surface area contributed by atoms with Crippen LogP contribution in [0.4, 0.5) is 18.9 Å². The average Bonchev–Trinajstić information content (AvgIpc) is 2.36. The Balaban J connectivity index is 2.20. The maximum absolute atomic E-state index is 12.9. The molecule has 0 spiro atoms. The molecule has 0 aromatic heterocycles. The van der Waals surface area contributed by atoms with E-state index in [9.17, 15) is 13.2 Å². The van der Waals surface area contributed by atoms with Gasteiger partial charge in [0, 0.05) is 21.7 Å². The number of halogens is 5. The first-order valence-corrected chi connectivity index (χ1v) is 6.88. The van der Waals surface area contributed by atoms with E-state index in [2.05, 4.69) is 21.2 Å². The van der Waals surface area contributed by atoms with Gasteiger partial charge in [-0.15, -0.1) is 0 Å². The molecule has 106 valence electrons. The van der Waals surface area contributed by atoms with Crippen LogP contribution in [-0.2, 0) is 12.7 Å². The lowest BCUT2D eigenvalue weighted by Crippen LogP contribution is -2.10. The first-order valence-electron chi connectivity index (χ1n) is 5.71. The molecular formula is C14H10BrClF3N. The molecule has 2 aromatic carbocycles. The Hall–Kier alpha value is -1.20. The van der Waals surface area contributed by atoms with E-state index in [4.69, 9.17) is 11.6 Å². The maximum Gasteiger partial charge on any atom is 0.418 e. The molecule has 0 heterocycles. The van der Waals surface area contributed by atoms with Crippen LogP contribution < -0.4 is 5.32 Å². The standard InChI is InChI=1S/C14H10BrClF3N/c15-10-3-6-12(14(17,18)19)13(7-10)20-8-9-1-4-11(16)5-2-9/h1-7,20H,8H2. The summed E-state index contributed by atoms with van der Waals surface area (Å²) in [4.78, 5) is 0. The Morgan fingerprint density at radius 1 is 1.05 bits per heavy atom. The quantitative estimate of drug-likeness (QED) is 0.733. The summed E-state index contributed by atoms with van der Waals surface area (Å²) in [6, 6.07) is 10.8. The lowest BCUT2D eigenvalue weighted by molar-refractivity contribution is -0.137. The van der Waals surface area contributed by atoms with E-state index in [1.165, 1.54) is 12.1 Å². The van der Waals surface area contributed by atoms with Crippen molar-refractivity contribution in [2.45, 2.75) is 12.7 Å². The Morgan fingerprint density at radius 2 is 1.70 bits per heavy atom. The number of alkyl halides is 3. The van der Waals surface area contributed by atoms with E-state index >= 15 is 0 Å². The van der Waals surface area contributed by atoms with E-state index < -0.39 is 11.7 Å². The van der Waals surface area contributed by atoms with Crippen molar-refractivity contribution in [2.75, 3.05) is 5.32 Å². The second-order valence-electron chi connectivity index (χ2n) is 4.17. The van der Waals surface area contributed by atoms with Crippen LogP contribution in [0.15, 0.2) is 46.9 Å². The molecule has 0 saturated carbocycles. The molecule has 0 fully saturated rings. The van der Waals surface area contributed by atoms with Crippen LogP contribution in [0.3, 0.4) is 0 Å².